The Morgan fingerprint density at radius 3 is 1.36 bits per heavy atom. The predicted octanol–water partition coefficient (Wildman–Crippen LogP) is 10.6. The van der Waals surface area contributed by atoms with Crippen molar-refractivity contribution in [3.8, 4) is 22.9 Å². The van der Waals surface area contributed by atoms with E-state index in [1.54, 1.807) is 59.9 Å². The van der Waals surface area contributed by atoms with Crippen LogP contribution in [0.5, 0.6) is 0 Å². The number of aromatic carboxylic acids is 1. The van der Waals surface area contributed by atoms with Gasteiger partial charge in [-0.1, -0.05) is 42.8 Å². The maximum absolute atomic E-state index is 11.5. The molecule has 0 bridgehead atoms. The molecule has 0 saturated heterocycles. The summed E-state index contributed by atoms with van der Waals surface area (Å²) in [5, 5.41) is 8.95. The number of esters is 1. The number of oxazole rings is 2. The van der Waals surface area contributed by atoms with Crippen molar-refractivity contribution in [1.82, 2.24) is 9.97 Å². The molecule has 6 aromatic rings. The first-order valence-corrected chi connectivity index (χ1v) is 17.4. The molecule has 2 aromatic heterocycles. The third kappa shape index (κ3) is 9.99. The molecule has 0 fully saturated rings. The molecule has 0 spiro atoms. The van der Waals surface area contributed by atoms with Crippen molar-refractivity contribution in [2.75, 3.05) is 7.11 Å². The molecule has 1 N–H and O–H groups in total. The van der Waals surface area contributed by atoms with Crippen LogP contribution < -0.4 is 0 Å². The number of nitrogens with zero attached hydrogens (tertiary/aromatic N) is 2. The zero-order chi connectivity index (χ0) is 34.9. The number of rotatable bonds is 10. The number of ether oxygens (including phenoxy) is 1. The van der Waals surface area contributed by atoms with Crippen LogP contribution in [-0.2, 0) is 16.2 Å². The summed E-state index contributed by atoms with van der Waals surface area (Å²) in [6, 6.07) is 30.4. The standard InChI is InChI=1S/C20H19NO3S.C19H17NO3S.CH4/c1-13-4-10-17(11-5-13)25-12-18-14(2)24-19(21-18)15-6-8-16(9-7-15)20(22)23-3;1-12-3-9-16(10-4-12)24-11-17-13(2)23-18(20-17)14-5-7-15(8-6-14)19(21)22;/h4-11H,12H2,1-3H3;3-10H,11H2,1-2H3,(H,21,22);1H4. The van der Waals surface area contributed by atoms with E-state index in [2.05, 4.69) is 72.3 Å². The summed E-state index contributed by atoms with van der Waals surface area (Å²) >= 11 is 3.44. The number of methoxy groups -OCH3 is 1. The first-order valence-electron chi connectivity index (χ1n) is 15.4. The second-order valence-corrected chi connectivity index (χ2v) is 13.3. The zero-order valence-electron chi connectivity index (χ0n) is 27.9. The van der Waals surface area contributed by atoms with Crippen molar-refractivity contribution in [3.63, 3.8) is 0 Å². The highest BCUT2D eigenvalue weighted by molar-refractivity contribution is 7.98. The Kier molecular flexibility index (Phi) is 13.3. The van der Waals surface area contributed by atoms with Gasteiger partial charge in [0.15, 0.2) is 0 Å². The van der Waals surface area contributed by atoms with Crippen LogP contribution in [0.15, 0.2) is 116 Å². The molecule has 0 saturated carbocycles. The van der Waals surface area contributed by atoms with Gasteiger partial charge in [-0.2, -0.15) is 0 Å². The van der Waals surface area contributed by atoms with Gasteiger partial charge in [0, 0.05) is 32.4 Å². The highest BCUT2D eigenvalue weighted by Crippen LogP contribution is 2.29. The molecule has 0 aliphatic heterocycles. The molecule has 0 unspecified atom stereocenters. The number of carboxylic acid groups (broad SMARTS) is 1. The molecule has 0 amide bonds. The molecule has 0 aliphatic rings. The lowest BCUT2D eigenvalue weighted by Crippen LogP contribution is -2.00. The van der Waals surface area contributed by atoms with E-state index in [9.17, 15) is 9.59 Å². The quantitative estimate of drug-likeness (QED) is 0.109. The molecule has 10 heteroatoms. The van der Waals surface area contributed by atoms with E-state index in [1.165, 1.54) is 28.0 Å². The van der Waals surface area contributed by atoms with Gasteiger partial charge in [-0.25, -0.2) is 19.6 Å². The summed E-state index contributed by atoms with van der Waals surface area (Å²) < 4.78 is 16.2. The van der Waals surface area contributed by atoms with Crippen molar-refractivity contribution in [2.24, 2.45) is 0 Å². The number of aromatic nitrogens is 2. The maximum Gasteiger partial charge on any atom is 0.337 e. The van der Waals surface area contributed by atoms with Crippen LogP contribution in [0.2, 0.25) is 0 Å². The Labute approximate surface area is 301 Å². The third-order valence-corrected chi connectivity index (χ3v) is 9.56. The van der Waals surface area contributed by atoms with E-state index in [-0.39, 0.29) is 19.0 Å². The van der Waals surface area contributed by atoms with Gasteiger partial charge >= 0.3 is 11.9 Å². The van der Waals surface area contributed by atoms with E-state index in [0.717, 1.165) is 45.5 Å². The van der Waals surface area contributed by atoms with Crippen LogP contribution in [-0.4, -0.2) is 34.1 Å². The number of carbonyl (C=O) groups is 2. The van der Waals surface area contributed by atoms with E-state index < -0.39 is 5.97 Å². The van der Waals surface area contributed by atoms with Crippen molar-refractivity contribution in [2.45, 2.75) is 56.4 Å². The summed E-state index contributed by atoms with van der Waals surface area (Å²) in [5.41, 5.74) is 6.68. The number of hydrogen-bond donors (Lipinski definition) is 1. The summed E-state index contributed by atoms with van der Waals surface area (Å²) in [7, 11) is 1.37. The lowest BCUT2D eigenvalue weighted by Gasteiger charge is -2.00. The van der Waals surface area contributed by atoms with Crippen LogP contribution in [0.4, 0.5) is 0 Å². The topological polar surface area (TPSA) is 116 Å². The van der Waals surface area contributed by atoms with Crippen molar-refractivity contribution in [1.29, 1.82) is 0 Å². The third-order valence-electron chi connectivity index (χ3n) is 7.51. The number of thioether (sulfide) groups is 2. The number of aryl methyl sites for hydroxylation is 4. The van der Waals surface area contributed by atoms with Gasteiger partial charge in [0.25, 0.3) is 0 Å². The van der Waals surface area contributed by atoms with E-state index in [1.807, 2.05) is 26.0 Å². The minimum absolute atomic E-state index is 0. The second kappa shape index (κ2) is 17.6. The molecule has 0 radical (unpaired) electrons. The minimum Gasteiger partial charge on any atom is -0.478 e. The molecule has 4 aromatic carbocycles. The van der Waals surface area contributed by atoms with Crippen molar-refractivity contribution in [3.05, 3.63) is 142 Å². The molecule has 6 rings (SSSR count). The molecule has 2 heterocycles. The van der Waals surface area contributed by atoms with Gasteiger partial charge in [0.1, 0.15) is 11.5 Å². The second-order valence-electron chi connectivity index (χ2n) is 11.2. The highest BCUT2D eigenvalue weighted by atomic mass is 32.2. The SMILES string of the molecule is C.COC(=O)c1ccc(-c2nc(CSc3ccc(C)cc3)c(C)o2)cc1.Cc1ccc(SCc2nc(-c3ccc(C(=O)O)cc3)oc2C)cc1. The summed E-state index contributed by atoms with van der Waals surface area (Å²) in [6.45, 7) is 7.96. The van der Waals surface area contributed by atoms with Gasteiger partial charge in [-0.15, -0.1) is 23.5 Å². The van der Waals surface area contributed by atoms with Gasteiger partial charge in [-0.3, -0.25) is 0 Å². The highest BCUT2D eigenvalue weighted by Gasteiger charge is 2.14. The average Bonchev–Trinajstić information content (AvgIpc) is 3.69. The van der Waals surface area contributed by atoms with Crippen LogP contribution >= 0.6 is 23.5 Å². The average molecular weight is 709 g/mol. The molecular formula is C40H40N2O6S2. The van der Waals surface area contributed by atoms with Crippen LogP contribution in [0.1, 0.15) is 62.2 Å². The smallest absolute Gasteiger partial charge is 0.337 e. The number of carboxylic acids is 1. The Bertz CT molecular complexity index is 2020. The van der Waals surface area contributed by atoms with Gasteiger partial charge in [0.2, 0.25) is 11.8 Å². The largest absolute Gasteiger partial charge is 0.478 e. The molecule has 0 aliphatic carbocycles. The van der Waals surface area contributed by atoms with Gasteiger partial charge in [-0.05, 0) is 100 Å². The lowest BCUT2D eigenvalue weighted by molar-refractivity contribution is 0.0599. The van der Waals surface area contributed by atoms with Crippen LogP contribution in [0.3, 0.4) is 0 Å². The fraction of sp³-hybridized carbons (Fsp3) is 0.200. The Hall–Kier alpha value is -5.06. The molecular weight excluding hydrogens is 669 g/mol. The molecule has 50 heavy (non-hydrogen) atoms. The maximum atomic E-state index is 11.5. The molecule has 0 atom stereocenters. The summed E-state index contributed by atoms with van der Waals surface area (Å²) in [4.78, 5) is 34.0. The summed E-state index contributed by atoms with van der Waals surface area (Å²) in [5.74, 6) is 2.85. The fourth-order valence-electron chi connectivity index (χ4n) is 4.57. The van der Waals surface area contributed by atoms with Gasteiger partial charge < -0.3 is 18.7 Å². The lowest BCUT2D eigenvalue weighted by atomic mass is 10.1. The monoisotopic (exact) mass is 708 g/mol. The Balaban J connectivity index is 0.000000220. The zero-order valence-corrected chi connectivity index (χ0v) is 29.5. The van der Waals surface area contributed by atoms with E-state index in [4.69, 9.17) is 18.7 Å². The Morgan fingerprint density at radius 1 is 0.620 bits per heavy atom. The van der Waals surface area contributed by atoms with Crippen molar-refractivity contribution >= 4 is 35.5 Å². The molecule has 8 nitrogen and oxygen atoms in total. The summed E-state index contributed by atoms with van der Waals surface area (Å²) in [6.07, 6.45) is 0. The first-order chi connectivity index (χ1) is 23.6. The van der Waals surface area contributed by atoms with Crippen molar-refractivity contribution < 1.29 is 28.3 Å². The van der Waals surface area contributed by atoms with Crippen LogP contribution in [0, 0.1) is 27.7 Å². The fourth-order valence-corrected chi connectivity index (χ4v) is 6.36. The normalized spacial score (nSPS) is 10.5. The first kappa shape index (κ1) is 37.8. The number of hydrogen-bond acceptors (Lipinski definition) is 9. The Morgan fingerprint density at radius 2 is 1.00 bits per heavy atom. The van der Waals surface area contributed by atoms with E-state index >= 15 is 0 Å². The molecule has 258 valence electrons. The predicted molar refractivity (Wildman–Crippen MR) is 200 cm³/mol. The number of carbonyl (C=O) groups excluding carboxylic acids is 1. The van der Waals surface area contributed by atoms with Crippen LogP contribution in [0.25, 0.3) is 22.9 Å². The van der Waals surface area contributed by atoms with Gasteiger partial charge in [0.05, 0.1) is 29.6 Å². The number of benzene rings is 4. The minimum atomic E-state index is -0.944. The van der Waals surface area contributed by atoms with E-state index in [0.29, 0.717) is 17.3 Å².